The van der Waals surface area contributed by atoms with Gasteiger partial charge in [-0.05, 0) is 80.1 Å². The third-order valence-corrected chi connectivity index (χ3v) is 8.43. The van der Waals surface area contributed by atoms with Crippen molar-refractivity contribution in [2.45, 2.75) is 71.8 Å². The number of aliphatic hydroxyl groups excluding tert-OH is 1. The van der Waals surface area contributed by atoms with Gasteiger partial charge in [0.2, 0.25) is 0 Å². The van der Waals surface area contributed by atoms with Crippen molar-refractivity contribution in [1.29, 1.82) is 0 Å². The van der Waals surface area contributed by atoms with E-state index in [0.717, 1.165) is 38.5 Å². The van der Waals surface area contributed by atoms with Crippen LogP contribution in [0.5, 0.6) is 0 Å². The van der Waals surface area contributed by atoms with Crippen LogP contribution in [0, 0.1) is 34.5 Å². The average Bonchev–Trinajstić information content (AvgIpc) is 2.78. The molecule has 4 aliphatic carbocycles. The quantitative estimate of drug-likeness (QED) is 0.797. The topological polar surface area (TPSA) is 54.4 Å². The Morgan fingerprint density at radius 3 is 2.62 bits per heavy atom. The maximum atomic E-state index is 12.2. The molecule has 0 aliphatic heterocycles. The summed E-state index contributed by atoms with van der Waals surface area (Å²) in [6.07, 6.45) is 8.26. The molecule has 24 heavy (non-hydrogen) atoms. The molecular weight excluding hydrogens is 300 g/mol. The Kier molecular flexibility index (Phi) is 3.62. The fourth-order valence-corrected chi connectivity index (χ4v) is 7.31. The number of fused-ring (bicyclic) bond motifs is 5. The number of hydrogen-bond donors (Lipinski definition) is 1. The van der Waals surface area contributed by atoms with Crippen LogP contribution >= 0.6 is 0 Å². The highest BCUT2D eigenvalue weighted by Gasteiger charge is 2.62. The van der Waals surface area contributed by atoms with Crippen molar-refractivity contribution < 1.29 is 14.7 Å². The maximum Gasteiger partial charge on any atom is 0.155 e. The van der Waals surface area contributed by atoms with Gasteiger partial charge in [-0.25, -0.2) is 0 Å². The van der Waals surface area contributed by atoms with Gasteiger partial charge in [0, 0.05) is 12.3 Å². The first-order valence-electron chi connectivity index (χ1n) is 9.70. The number of carbonyl (C=O) groups excluding carboxylic acids is 2. The van der Waals surface area contributed by atoms with Gasteiger partial charge < -0.3 is 5.11 Å². The van der Waals surface area contributed by atoms with Gasteiger partial charge in [0.25, 0.3) is 0 Å². The molecule has 0 aromatic rings. The van der Waals surface area contributed by atoms with Crippen LogP contribution in [0.1, 0.15) is 65.7 Å². The fourth-order valence-electron chi connectivity index (χ4n) is 7.31. The van der Waals surface area contributed by atoms with E-state index in [-0.39, 0.29) is 22.5 Å². The zero-order valence-corrected chi connectivity index (χ0v) is 15.2. The van der Waals surface area contributed by atoms with E-state index in [1.54, 1.807) is 6.92 Å². The van der Waals surface area contributed by atoms with E-state index in [9.17, 15) is 14.7 Å². The van der Waals surface area contributed by atoms with Crippen LogP contribution in [0.25, 0.3) is 0 Å². The lowest BCUT2D eigenvalue weighted by Gasteiger charge is -2.57. The first kappa shape index (κ1) is 16.5. The molecule has 3 saturated carbocycles. The smallest absolute Gasteiger partial charge is 0.155 e. The molecule has 0 spiro atoms. The lowest BCUT2D eigenvalue weighted by atomic mass is 9.46. The van der Waals surface area contributed by atoms with Gasteiger partial charge in [0.05, 0.1) is 6.10 Å². The van der Waals surface area contributed by atoms with E-state index in [0.29, 0.717) is 30.0 Å². The van der Waals surface area contributed by atoms with Gasteiger partial charge >= 0.3 is 0 Å². The molecule has 0 bridgehead atoms. The largest absolute Gasteiger partial charge is 0.392 e. The number of allylic oxidation sites excluding steroid dienone is 1. The molecular formula is C21H30O3. The van der Waals surface area contributed by atoms with Crippen molar-refractivity contribution in [3.8, 4) is 0 Å². The van der Waals surface area contributed by atoms with Gasteiger partial charge in [-0.3, -0.25) is 9.59 Å². The van der Waals surface area contributed by atoms with Crippen molar-refractivity contribution in [3.05, 3.63) is 11.6 Å². The van der Waals surface area contributed by atoms with Gasteiger partial charge in [-0.15, -0.1) is 0 Å². The molecule has 3 heteroatoms. The lowest BCUT2D eigenvalue weighted by Crippen LogP contribution is -2.51. The minimum Gasteiger partial charge on any atom is -0.392 e. The predicted molar refractivity (Wildman–Crippen MR) is 92.3 cm³/mol. The monoisotopic (exact) mass is 330 g/mol. The minimum absolute atomic E-state index is 0.0333. The summed E-state index contributed by atoms with van der Waals surface area (Å²) >= 11 is 0. The van der Waals surface area contributed by atoms with Crippen molar-refractivity contribution in [3.63, 3.8) is 0 Å². The fraction of sp³-hybridized carbons (Fsp3) is 0.810. The Morgan fingerprint density at radius 1 is 1.17 bits per heavy atom. The van der Waals surface area contributed by atoms with Crippen LogP contribution in [0.15, 0.2) is 11.6 Å². The molecule has 4 rings (SSSR count). The Balaban J connectivity index is 1.69. The van der Waals surface area contributed by atoms with Gasteiger partial charge in [-0.2, -0.15) is 0 Å². The van der Waals surface area contributed by atoms with E-state index in [2.05, 4.69) is 13.8 Å². The van der Waals surface area contributed by atoms with Gasteiger partial charge in [0.15, 0.2) is 5.78 Å². The van der Waals surface area contributed by atoms with E-state index in [4.69, 9.17) is 0 Å². The first-order valence-corrected chi connectivity index (χ1v) is 9.70. The molecule has 7 atom stereocenters. The van der Waals surface area contributed by atoms with Crippen LogP contribution in [0.2, 0.25) is 0 Å². The number of aliphatic hydroxyl groups is 1. The van der Waals surface area contributed by atoms with Crippen LogP contribution in [-0.2, 0) is 9.59 Å². The van der Waals surface area contributed by atoms with Gasteiger partial charge in [0.1, 0.15) is 5.78 Å². The summed E-state index contributed by atoms with van der Waals surface area (Å²) in [5.74, 6) is 1.95. The highest BCUT2D eigenvalue weighted by molar-refractivity contribution is 5.91. The first-order chi connectivity index (χ1) is 11.3. The Labute approximate surface area is 144 Å². The summed E-state index contributed by atoms with van der Waals surface area (Å²) in [5.41, 5.74) is 1.51. The van der Waals surface area contributed by atoms with Crippen LogP contribution in [-0.4, -0.2) is 22.8 Å². The summed E-state index contributed by atoms with van der Waals surface area (Å²) < 4.78 is 0. The number of rotatable bonds is 1. The summed E-state index contributed by atoms with van der Waals surface area (Å²) in [6, 6.07) is 0. The standard InChI is InChI=1S/C21H30O3/c1-12(22)19-18(24)11-17-15-5-4-13-10-14(23)6-8-20(13,2)16(15)7-9-21(17,19)3/h10,15-19,24H,4-9,11H2,1-3H3/t15-,16+,17+,18?,19+,20+,21+/m1/s1. The van der Waals surface area contributed by atoms with E-state index in [1.807, 2.05) is 6.08 Å². The lowest BCUT2D eigenvalue weighted by molar-refractivity contribution is -0.131. The van der Waals surface area contributed by atoms with Crippen molar-refractivity contribution in [2.75, 3.05) is 0 Å². The highest BCUT2D eigenvalue weighted by atomic mass is 16.3. The molecule has 132 valence electrons. The highest BCUT2D eigenvalue weighted by Crippen LogP contribution is 2.66. The minimum atomic E-state index is -0.464. The third-order valence-electron chi connectivity index (χ3n) is 8.43. The third kappa shape index (κ3) is 2.06. The summed E-state index contributed by atoms with van der Waals surface area (Å²) in [4.78, 5) is 24.1. The van der Waals surface area contributed by atoms with E-state index < -0.39 is 6.10 Å². The SMILES string of the molecule is CC(=O)[C@H]1C(O)C[C@H]2[C@@H]3CCC4=CC(=O)CC[C@]4(C)[C@H]3CC[C@]12C. The van der Waals surface area contributed by atoms with E-state index >= 15 is 0 Å². The van der Waals surface area contributed by atoms with E-state index in [1.165, 1.54) is 5.57 Å². The van der Waals surface area contributed by atoms with Crippen LogP contribution in [0.4, 0.5) is 0 Å². The predicted octanol–water partition coefficient (Wildman–Crippen LogP) is 3.69. The van der Waals surface area contributed by atoms with Crippen LogP contribution < -0.4 is 0 Å². The number of carbonyl (C=O) groups is 2. The second-order valence-corrected chi connectivity index (χ2v) is 9.40. The zero-order valence-electron chi connectivity index (χ0n) is 15.2. The number of ketones is 2. The molecule has 0 aromatic carbocycles. The maximum absolute atomic E-state index is 12.2. The number of hydrogen-bond acceptors (Lipinski definition) is 3. The zero-order chi connectivity index (χ0) is 17.3. The molecule has 3 nitrogen and oxygen atoms in total. The molecule has 4 aliphatic rings. The molecule has 0 saturated heterocycles. The number of Topliss-reactive ketones (excluding diaryl/α,β-unsaturated/α-hetero) is 1. The second kappa shape index (κ2) is 5.27. The summed E-state index contributed by atoms with van der Waals surface area (Å²) in [5, 5.41) is 10.6. The molecule has 0 radical (unpaired) electrons. The molecule has 1 N–H and O–H groups in total. The van der Waals surface area contributed by atoms with Crippen molar-refractivity contribution in [2.24, 2.45) is 34.5 Å². The molecule has 0 amide bonds. The van der Waals surface area contributed by atoms with Crippen molar-refractivity contribution >= 4 is 11.6 Å². The Bertz CT molecular complexity index is 621. The Hall–Kier alpha value is -0.960. The molecule has 3 fully saturated rings. The molecule has 1 unspecified atom stereocenters. The van der Waals surface area contributed by atoms with Crippen LogP contribution in [0.3, 0.4) is 0 Å². The van der Waals surface area contributed by atoms with Gasteiger partial charge in [-0.1, -0.05) is 19.4 Å². The normalized spacial score (nSPS) is 50.6. The average molecular weight is 330 g/mol. The molecule has 0 heterocycles. The Morgan fingerprint density at radius 2 is 1.92 bits per heavy atom. The summed E-state index contributed by atoms with van der Waals surface area (Å²) in [7, 11) is 0. The second-order valence-electron chi connectivity index (χ2n) is 9.40. The van der Waals surface area contributed by atoms with Crippen molar-refractivity contribution in [1.82, 2.24) is 0 Å². The molecule has 0 aromatic heterocycles. The summed E-state index contributed by atoms with van der Waals surface area (Å²) in [6.45, 7) is 6.29.